The Hall–Kier alpha value is -1.98. The van der Waals surface area contributed by atoms with Gasteiger partial charge in [0.25, 0.3) is 0 Å². The van der Waals surface area contributed by atoms with Crippen LogP contribution in [0.1, 0.15) is 70.6 Å². The highest BCUT2D eigenvalue weighted by atomic mass is 19.4. The number of hydrogen-bond acceptors (Lipinski definition) is 0. The van der Waals surface area contributed by atoms with Gasteiger partial charge in [-0.05, 0) is 52.5 Å². The molecule has 2 aromatic rings. The van der Waals surface area contributed by atoms with E-state index in [1.807, 2.05) is 38.1 Å². The van der Waals surface area contributed by atoms with Crippen molar-refractivity contribution in [2.75, 3.05) is 0 Å². The monoisotopic (exact) mass is 456 g/mol. The van der Waals surface area contributed by atoms with E-state index >= 15 is 0 Å². The second-order valence-electron chi connectivity index (χ2n) is 10.3. The normalized spacial score (nSPS) is 16.1. The third-order valence-corrected chi connectivity index (χ3v) is 7.42. The fourth-order valence-corrected chi connectivity index (χ4v) is 4.67. The standard InChI is InChI=1S/C26H30F6/c1-6-22(2,3)13-14-24(25(27,28)29,26(30,31)32)16-17-11-12-19-18-9-7-8-10-20(18)23(4,5)21(19)15-17/h7-12,15H,6,13-14,16H2,1-5H3. The van der Waals surface area contributed by atoms with Gasteiger partial charge in [0.1, 0.15) is 0 Å². The lowest BCUT2D eigenvalue weighted by Gasteiger charge is -2.39. The van der Waals surface area contributed by atoms with Crippen molar-refractivity contribution in [2.45, 2.75) is 78.1 Å². The third kappa shape index (κ3) is 4.06. The summed E-state index contributed by atoms with van der Waals surface area (Å²) in [7, 11) is 0. The van der Waals surface area contributed by atoms with E-state index < -0.39 is 41.4 Å². The van der Waals surface area contributed by atoms with E-state index in [0.717, 1.165) is 22.3 Å². The molecule has 0 bridgehead atoms. The lowest BCUT2D eigenvalue weighted by Crippen LogP contribution is -2.52. The molecule has 32 heavy (non-hydrogen) atoms. The quantitative estimate of drug-likeness (QED) is 0.381. The van der Waals surface area contributed by atoms with E-state index in [9.17, 15) is 26.3 Å². The minimum absolute atomic E-state index is 0.0635. The molecule has 2 aromatic carbocycles. The van der Waals surface area contributed by atoms with Crippen molar-refractivity contribution in [3.8, 4) is 11.1 Å². The third-order valence-electron chi connectivity index (χ3n) is 7.42. The van der Waals surface area contributed by atoms with Gasteiger partial charge in [-0.1, -0.05) is 83.5 Å². The maximum absolute atomic E-state index is 14.2. The van der Waals surface area contributed by atoms with Crippen LogP contribution in [-0.2, 0) is 11.8 Å². The predicted molar refractivity (Wildman–Crippen MR) is 116 cm³/mol. The number of benzene rings is 2. The summed E-state index contributed by atoms with van der Waals surface area (Å²) in [6, 6.07) is 12.3. The summed E-state index contributed by atoms with van der Waals surface area (Å²) in [6.45, 7) is 9.10. The molecular weight excluding hydrogens is 426 g/mol. The van der Waals surface area contributed by atoms with Crippen LogP contribution in [0.25, 0.3) is 11.1 Å². The van der Waals surface area contributed by atoms with Crippen LogP contribution in [0.4, 0.5) is 26.3 Å². The fourth-order valence-electron chi connectivity index (χ4n) is 4.67. The van der Waals surface area contributed by atoms with E-state index in [1.165, 1.54) is 6.07 Å². The zero-order valence-electron chi connectivity index (χ0n) is 19.1. The van der Waals surface area contributed by atoms with Crippen LogP contribution < -0.4 is 0 Å². The van der Waals surface area contributed by atoms with Crippen molar-refractivity contribution in [2.24, 2.45) is 10.8 Å². The van der Waals surface area contributed by atoms with Crippen LogP contribution in [0.15, 0.2) is 42.5 Å². The van der Waals surface area contributed by atoms with Crippen LogP contribution in [0, 0.1) is 10.8 Å². The summed E-state index contributed by atoms with van der Waals surface area (Å²) < 4.78 is 84.9. The summed E-state index contributed by atoms with van der Waals surface area (Å²) in [6.07, 6.45) is -12.6. The van der Waals surface area contributed by atoms with Gasteiger partial charge in [0, 0.05) is 5.41 Å². The Labute approximate surface area is 186 Å². The van der Waals surface area contributed by atoms with Gasteiger partial charge in [0.05, 0.1) is 0 Å². The second kappa shape index (κ2) is 7.81. The molecule has 0 radical (unpaired) electrons. The molecule has 1 aliphatic rings. The van der Waals surface area contributed by atoms with Crippen LogP contribution >= 0.6 is 0 Å². The zero-order chi connectivity index (χ0) is 24.2. The topological polar surface area (TPSA) is 0 Å². The lowest BCUT2D eigenvalue weighted by atomic mass is 9.71. The molecule has 3 rings (SSSR count). The van der Waals surface area contributed by atoms with Crippen LogP contribution in [-0.4, -0.2) is 12.4 Å². The van der Waals surface area contributed by atoms with Crippen molar-refractivity contribution in [3.05, 3.63) is 59.2 Å². The molecule has 0 N–H and O–H groups in total. The first-order chi connectivity index (χ1) is 14.6. The maximum atomic E-state index is 14.2. The summed E-state index contributed by atoms with van der Waals surface area (Å²) >= 11 is 0. The largest absolute Gasteiger partial charge is 0.403 e. The molecule has 0 atom stereocenters. The maximum Gasteiger partial charge on any atom is 0.403 e. The summed E-state index contributed by atoms with van der Waals surface area (Å²) in [5.74, 6) is 0. The average Bonchev–Trinajstić information content (AvgIpc) is 2.91. The molecule has 0 nitrogen and oxygen atoms in total. The zero-order valence-corrected chi connectivity index (χ0v) is 19.1. The Bertz CT molecular complexity index is 965. The summed E-state index contributed by atoms with van der Waals surface area (Å²) in [4.78, 5) is 0. The van der Waals surface area contributed by atoms with Gasteiger partial charge in [-0.2, -0.15) is 26.3 Å². The molecule has 0 heterocycles. The van der Waals surface area contributed by atoms with E-state index in [1.54, 1.807) is 32.9 Å². The first-order valence-electron chi connectivity index (χ1n) is 10.9. The van der Waals surface area contributed by atoms with E-state index in [0.29, 0.717) is 6.42 Å². The second-order valence-corrected chi connectivity index (χ2v) is 10.3. The molecule has 176 valence electrons. The number of hydrogen-bond donors (Lipinski definition) is 0. The van der Waals surface area contributed by atoms with Gasteiger partial charge >= 0.3 is 12.4 Å². The lowest BCUT2D eigenvalue weighted by molar-refractivity contribution is -0.344. The number of halogens is 6. The summed E-state index contributed by atoms with van der Waals surface area (Å²) in [5, 5.41) is 0. The van der Waals surface area contributed by atoms with Gasteiger partial charge < -0.3 is 0 Å². The predicted octanol–water partition coefficient (Wildman–Crippen LogP) is 8.86. The van der Waals surface area contributed by atoms with Gasteiger partial charge in [-0.25, -0.2) is 0 Å². The minimum atomic E-state index is -5.41. The van der Waals surface area contributed by atoms with Crippen molar-refractivity contribution >= 4 is 0 Å². The molecule has 0 unspecified atom stereocenters. The number of alkyl halides is 6. The number of rotatable bonds is 6. The Morgan fingerprint density at radius 3 is 1.88 bits per heavy atom. The first-order valence-corrected chi connectivity index (χ1v) is 10.9. The van der Waals surface area contributed by atoms with E-state index in [2.05, 4.69) is 0 Å². The Balaban J connectivity index is 2.07. The van der Waals surface area contributed by atoms with Gasteiger partial charge in [-0.3, -0.25) is 0 Å². The molecular formula is C26H30F6. The molecule has 0 fully saturated rings. The Kier molecular flexibility index (Phi) is 6.02. The highest BCUT2D eigenvalue weighted by molar-refractivity contribution is 5.80. The molecule has 0 spiro atoms. The van der Waals surface area contributed by atoms with Crippen molar-refractivity contribution < 1.29 is 26.3 Å². The Morgan fingerprint density at radius 1 is 0.750 bits per heavy atom. The van der Waals surface area contributed by atoms with E-state index in [-0.39, 0.29) is 12.0 Å². The van der Waals surface area contributed by atoms with Gasteiger partial charge in [-0.15, -0.1) is 0 Å². The van der Waals surface area contributed by atoms with Gasteiger partial charge in [0.15, 0.2) is 5.41 Å². The highest BCUT2D eigenvalue weighted by Crippen LogP contribution is 2.57. The molecule has 0 aliphatic heterocycles. The minimum Gasteiger partial charge on any atom is -0.170 e. The molecule has 0 amide bonds. The van der Waals surface area contributed by atoms with Crippen LogP contribution in [0.3, 0.4) is 0 Å². The first kappa shape index (κ1) is 24.7. The Morgan fingerprint density at radius 2 is 1.31 bits per heavy atom. The molecule has 0 saturated carbocycles. The fraction of sp³-hybridized carbons (Fsp3) is 0.538. The molecule has 1 aliphatic carbocycles. The van der Waals surface area contributed by atoms with Crippen molar-refractivity contribution in [1.29, 1.82) is 0 Å². The molecule has 6 heteroatoms. The number of fused-ring (bicyclic) bond motifs is 3. The van der Waals surface area contributed by atoms with E-state index in [4.69, 9.17) is 0 Å². The molecule has 0 saturated heterocycles. The van der Waals surface area contributed by atoms with Crippen molar-refractivity contribution in [1.82, 2.24) is 0 Å². The average molecular weight is 457 g/mol. The van der Waals surface area contributed by atoms with Gasteiger partial charge in [0.2, 0.25) is 0 Å². The SMILES string of the molecule is CCC(C)(C)CCC(Cc1ccc2c(c1)C(C)(C)c1ccccc1-2)(C(F)(F)F)C(F)(F)F. The summed E-state index contributed by atoms with van der Waals surface area (Å²) in [5.41, 5.74) is -1.19. The van der Waals surface area contributed by atoms with Crippen LogP contribution in [0.5, 0.6) is 0 Å². The smallest absolute Gasteiger partial charge is 0.170 e. The van der Waals surface area contributed by atoms with Crippen LogP contribution in [0.2, 0.25) is 0 Å². The van der Waals surface area contributed by atoms with Crippen molar-refractivity contribution in [3.63, 3.8) is 0 Å². The highest BCUT2D eigenvalue weighted by Gasteiger charge is 2.69. The molecule has 0 aromatic heterocycles.